The van der Waals surface area contributed by atoms with E-state index >= 15 is 0 Å². The van der Waals surface area contributed by atoms with Crippen LogP contribution in [0.25, 0.3) is 0 Å². The van der Waals surface area contributed by atoms with Gasteiger partial charge in [0.1, 0.15) is 0 Å². The molecule has 4 heteroatoms. The molecule has 70 valence electrons. The molecule has 13 heavy (non-hydrogen) atoms. The molecular weight excluding hydrogens is 212 g/mol. The van der Waals surface area contributed by atoms with Gasteiger partial charge >= 0.3 is 0 Å². The topological polar surface area (TPSA) is 12.0 Å². The third kappa shape index (κ3) is 2.61. The Morgan fingerprint density at radius 1 is 1.38 bits per heavy atom. The van der Waals surface area contributed by atoms with Crippen molar-refractivity contribution in [3.8, 4) is 0 Å². The Morgan fingerprint density at radius 2 is 1.92 bits per heavy atom. The molecule has 0 aliphatic heterocycles. The Labute approximate surface area is 86.2 Å². The van der Waals surface area contributed by atoms with Crippen molar-refractivity contribution in [3.63, 3.8) is 0 Å². The molecule has 1 rings (SSSR count). The molecule has 0 spiro atoms. The second-order valence-electron chi connectivity index (χ2n) is 2.42. The van der Waals surface area contributed by atoms with Crippen molar-refractivity contribution in [1.82, 2.24) is 0 Å². The van der Waals surface area contributed by atoms with Gasteiger partial charge in [-0.1, -0.05) is 29.3 Å². The van der Waals surface area contributed by atoms with E-state index in [0.29, 0.717) is 12.2 Å². The summed E-state index contributed by atoms with van der Waals surface area (Å²) in [4.78, 5) is 0. The quantitative estimate of drug-likeness (QED) is 0.604. The van der Waals surface area contributed by atoms with E-state index in [4.69, 9.17) is 23.2 Å². The summed E-state index contributed by atoms with van der Waals surface area (Å²) in [6.45, 7) is 4.12. The lowest BCUT2D eigenvalue weighted by Crippen LogP contribution is -1.98. The van der Waals surface area contributed by atoms with E-state index in [-0.39, 0.29) is 10.0 Å². The Hall–Kier alpha value is -0.730. The van der Waals surface area contributed by atoms with Crippen molar-refractivity contribution in [2.75, 3.05) is 11.9 Å². The van der Waals surface area contributed by atoms with Crippen molar-refractivity contribution >= 4 is 28.9 Å². The first kappa shape index (κ1) is 10.4. The van der Waals surface area contributed by atoms with Gasteiger partial charge in [-0.2, -0.15) is 0 Å². The molecule has 0 atom stereocenters. The van der Waals surface area contributed by atoms with Crippen molar-refractivity contribution in [1.29, 1.82) is 0 Å². The Balaban J connectivity index is 2.92. The van der Waals surface area contributed by atoms with Gasteiger partial charge in [-0.3, -0.25) is 0 Å². The summed E-state index contributed by atoms with van der Waals surface area (Å²) in [6.07, 6.45) is 1.69. The summed E-state index contributed by atoms with van der Waals surface area (Å²) >= 11 is 11.1. The summed E-state index contributed by atoms with van der Waals surface area (Å²) in [7, 11) is 0. The molecule has 1 aromatic carbocycles. The third-order valence-corrected chi connectivity index (χ3v) is 1.98. The van der Waals surface area contributed by atoms with Crippen LogP contribution in [0.1, 0.15) is 0 Å². The molecular formula is C9H8Cl2FN. The molecule has 1 nitrogen and oxygen atoms in total. The second kappa shape index (κ2) is 4.49. The van der Waals surface area contributed by atoms with Gasteiger partial charge in [-0.05, 0) is 12.1 Å². The average Bonchev–Trinajstić information content (AvgIpc) is 2.10. The molecule has 0 heterocycles. The highest BCUT2D eigenvalue weighted by Crippen LogP contribution is 2.27. The molecule has 0 aliphatic rings. The second-order valence-corrected chi connectivity index (χ2v) is 3.24. The number of benzene rings is 1. The van der Waals surface area contributed by atoms with Crippen LogP contribution in [0.2, 0.25) is 10.0 Å². The fraction of sp³-hybridized carbons (Fsp3) is 0.111. The van der Waals surface area contributed by atoms with Gasteiger partial charge < -0.3 is 5.32 Å². The van der Waals surface area contributed by atoms with Crippen LogP contribution in [0.5, 0.6) is 0 Å². The Morgan fingerprint density at radius 3 is 2.38 bits per heavy atom. The van der Waals surface area contributed by atoms with Crippen LogP contribution in [-0.2, 0) is 0 Å². The van der Waals surface area contributed by atoms with Crippen LogP contribution >= 0.6 is 23.2 Å². The van der Waals surface area contributed by atoms with E-state index in [0.717, 1.165) is 0 Å². The summed E-state index contributed by atoms with van der Waals surface area (Å²) in [5, 5.41) is 2.98. The maximum absolute atomic E-state index is 12.9. The molecule has 0 aromatic heterocycles. The first-order chi connectivity index (χ1) is 6.15. The number of anilines is 1. The van der Waals surface area contributed by atoms with Gasteiger partial charge in [0, 0.05) is 12.2 Å². The maximum Gasteiger partial charge on any atom is 0.160 e. The van der Waals surface area contributed by atoms with Crippen LogP contribution in [-0.4, -0.2) is 6.54 Å². The fourth-order valence-electron chi connectivity index (χ4n) is 0.848. The zero-order chi connectivity index (χ0) is 9.84. The molecule has 0 fully saturated rings. The van der Waals surface area contributed by atoms with E-state index < -0.39 is 5.82 Å². The van der Waals surface area contributed by atoms with Gasteiger partial charge in [0.15, 0.2) is 5.82 Å². The average molecular weight is 220 g/mol. The first-order valence-corrected chi connectivity index (χ1v) is 4.40. The number of hydrogen-bond donors (Lipinski definition) is 1. The maximum atomic E-state index is 12.9. The number of halogens is 3. The molecule has 0 aliphatic carbocycles. The van der Waals surface area contributed by atoms with Gasteiger partial charge in [0.05, 0.1) is 10.0 Å². The highest BCUT2D eigenvalue weighted by molar-refractivity contribution is 6.35. The minimum atomic E-state index is -0.590. The minimum absolute atomic E-state index is 0.0130. The summed E-state index contributed by atoms with van der Waals surface area (Å²) < 4.78 is 12.9. The van der Waals surface area contributed by atoms with E-state index in [2.05, 4.69) is 11.9 Å². The van der Waals surface area contributed by atoms with Gasteiger partial charge in [0.2, 0.25) is 0 Å². The fourth-order valence-corrected chi connectivity index (χ4v) is 1.33. The molecule has 0 amide bonds. The van der Waals surface area contributed by atoms with Crippen LogP contribution in [0.4, 0.5) is 10.1 Å². The Kier molecular flexibility index (Phi) is 3.58. The monoisotopic (exact) mass is 219 g/mol. The number of rotatable bonds is 3. The van der Waals surface area contributed by atoms with E-state index in [1.807, 2.05) is 0 Å². The van der Waals surface area contributed by atoms with E-state index in [1.165, 1.54) is 12.1 Å². The number of nitrogens with one attached hydrogen (secondary N) is 1. The van der Waals surface area contributed by atoms with Crippen LogP contribution in [0, 0.1) is 5.82 Å². The molecule has 0 bridgehead atoms. The van der Waals surface area contributed by atoms with Crippen molar-refractivity contribution in [2.24, 2.45) is 0 Å². The predicted molar refractivity (Wildman–Crippen MR) is 55.1 cm³/mol. The third-order valence-electron chi connectivity index (χ3n) is 1.43. The van der Waals surface area contributed by atoms with E-state index in [9.17, 15) is 4.39 Å². The van der Waals surface area contributed by atoms with Gasteiger partial charge in [-0.25, -0.2) is 4.39 Å². The SMILES string of the molecule is C=CCNc1cc(Cl)c(F)c(Cl)c1. The van der Waals surface area contributed by atoms with E-state index in [1.54, 1.807) is 6.08 Å². The Bertz CT molecular complexity index is 302. The zero-order valence-electron chi connectivity index (χ0n) is 6.78. The summed E-state index contributed by atoms with van der Waals surface area (Å²) in [5.41, 5.74) is 0.677. The number of hydrogen-bond acceptors (Lipinski definition) is 1. The zero-order valence-corrected chi connectivity index (χ0v) is 8.29. The van der Waals surface area contributed by atoms with Crippen LogP contribution < -0.4 is 5.32 Å². The molecule has 0 saturated heterocycles. The van der Waals surface area contributed by atoms with Gasteiger partial charge in [0.25, 0.3) is 0 Å². The van der Waals surface area contributed by atoms with Gasteiger partial charge in [-0.15, -0.1) is 6.58 Å². The highest BCUT2D eigenvalue weighted by Gasteiger charge is 2.06. The molecule has 0 unspecified atom stereocenters. The summed E-state index contributed by atoms with van der Waals surface area (Å²) in [5.74, 6) is -0.590. The highest BCUT2D eigenvalue weighted by atomic mass is 35.5. The summed E-state index contributed by atoms with van der Waals surface area (Å²) in [6, 6.07) is 2.96. The normalized spacial score (nSPS) is 9.77. The lowest BCUT2D eigenvalue weighted by atomic mass is 10.3. The van der Waals surface area contributed by atoms with Crippen molar-refractivity contribution in [3.05, 3.63) is 40.7 Å². The molecule has 0 saturated carbocycles. The van der Waals surface area contributed by atoms with Crippen LogP contribution in [0.3, 0.4) is 0 Å². The first-order valence-electron chi connectivity index (χ1n) is 3.64. The lowest BCUT2D eigenvalue weighted by molar-refractivity contribution is 0.629. The minimum Gasteiger partial charge on any atom is -0.381 e. The van der Waals surface area contributed by atoms with Crippen LogP contribution in [0.15, 0.2) is 24.8 Å². The largest absolute Gasteiger partial charge is 0.381 e. The molecule has 1 N–H and O–H groups in total. The van der Waals surface area contributed by atoms with Crippen molar-refractivity contribution in [2.45, 2.75) is 0 Å². The van der Waals surface area contributed by atoms with Crippen molar-refractivity contribution < 1.29 is 4.39 Å². The standard InChI is InChI=1S/C9H8Cl2FN/c1-2-3-13-6-4-7(10)9(12)8(11)5-6/h2,4-5,13H,1,3H2. The predicted octanol–water partition coefficient (Wildman–Crippen LogP) is 3.73. The smallest absolute Gasteiger partial charge is 0.160 e. The molecule has 0 radical (unpaired) electrons. The lowest BCUT2D eigenvalue weighted by Gasteiger charge is -2.05. The molecule has 1 aromatic rings.